The second-order valence-corrected chi connectivity index (χ2v) is 10.1. The Kier molecular flexibility index (Phi) is 4.91. The van der Waals surface area contributed by atoms with Crippen molar-refractivity contribution in [2.24, 2.45) is 17.8 Å². The number of aryl methyl sites for hydroxylation is 1. The van der Waals surface area contributed by atoms with E-state index in [1.807, 2.05) is 0 Å². The third kappa shape index (κ3) is 3.59. The van der Waals surface area contributed by atoms with Gasteiger partial charge in [0.2, 0.25) is 11.8 Å². The van der Waals surface area contributed by atoms with E-state index in [1.165, 1.54) is 11.4 Å². The van der Waals surface area contributed by atoms with Gasteiger partial charge in [0, 0.05) is 49.1 Å². The summed E-state index contributed by atoms with van der Waals surface area (Å²) >= 11 is 1.75. The van der Waals surface area contributed by atoms with Gasteiger partial charge in [-0.05, 0) is 50.9 Å². The molecular formula is C21H30N4O2S. The fourth-order valence-electron chi connectivity index (χ4n) is 5.63. The highest BCUT2D eigenvalue weighted by Gasteiger charge is 2.49. The lowest BCUT2D eigenvalue weighted by Crippen LogP contribution is -2.67. The van der Waals surface area contributed by atoms with Crippen molar-refractivity contribution >= 4 is 23.2 Å². The highest BCUT2D eigenvalue weighted by Crippen LogP contribution is 2.42. The van der Waals surface area contributed by atoms with Crippen LogP contribution < -0.4 is 5.32 Å². The number of amides is 2. The molecule has 2 amide bonds. The molecule has 2 bridgehead atoms. The van der Waals surface area contributed by atoms with Crippen molar-refractivity contribution in [2.75, 3.05) is 19.6 Å². The number of piperidine rings is 3. The van der Waals surface area contributed by atoms with E-state index in [2.05, 4.69) is 32.4 Å². The predicted octanol–water partition coefficient (Wildman–Crippen LogP) is 2.18. The molecule has 3 aliphatic heterocycles. The molecule has 6 nitrogen and oxygen atoms in total. The smallest absolute Gasteiger partial charge is 0.223 e. The van der Waals surface area contributed by atoms with Crippen LogP contribution in [0.3, 0.4) is 0 Å². The Morgan fingerprint density at radius 1 is 1.29 bits per heavy atom. The van der Waals surface area contributed by atoms with Crippen LogP contribution in [0.15, 0.2) is 5.38 Å². The van der Waals surface area contributed by atoms with Crippen LogP contribution in [0.1, 0.15) is 49.2 Å². The Hall–Kier alpha value is -1.47. The molecule has 4 atom stereocenters. The first-order valence-electron chi connectivity index (χ1n) is 10.8. The number of nitrogens with one attached hydrogen (secondary N) is 1. The number of rotatable bonds is 5. The molecule has 1 N–H and O–H groups in total. The summed E-state index contributed by atoms with van der Waals surface area (Å²) < 4.78 is 0. The topological polar surface area (TPSA) is 65.5 Å². The molecule has 4 aliphatic rings. The minimum atomic E-state index is 0.151. The van der Waals surface area contributed by atoms with E-state index in [4.69, 9.17) is 0 Å². The Balaban J connectivity index is 1.33. The number of carbonyl (C=O) groups excluding carboxylic acids is 2. The fraction of sp³-hybridized carbons (Fsp3) is 0.762. The van der Waals surface area contributed by atoms with Crippen LogP contribution in [-0.2, 0) is 16.1 Å². The van der Waals surface area contributed by atoms with Crippen molar-refractivity contribution in [1.82, 2.24) is 20.1 Å². The first-order chi connectivity index (χ1) is 13.6. The standard InChI is InChI=1S/C21H30N4O2S/c1-13-12-28-19(23-13)11-24-9-15-7-16(10-24)18(8-22-21(27)14-5-6-14)25-17(15)3-2-4-20(25)26/h12,14-18H,2-11H2,1H3,(H,22,27)/t15-,16+,17+,18+/m1/s1. The highest BCUT2D eigenvalue weighted by molar-refractivity contribution is 7.09. The van der Waals surface area contributed by atoms with Gasteiger partial charge >= 0.3 is 0 Å². The maximum Gasteiger partial charge on any atom is 0.223 e. The lowest BCUT2D eigenvalue weighted by molar-refractivity contribution is -0.153. The third-order valence-electron chi connectivity index (χ3n) is 7.03. The Bertz CT molecular complexity index is 761. The second-order valence-electron chi connectivity index (χ2n) is 9.18. The Morgan fingerprint density at radius 3 is 2.86 bits per heavy atom. The van der Waals surface area contributed by atoms with E-state index in [0.717, 1.165) is 51.0 Å². The lowest BCUT2D eigenvalue weighted by Gasteiger charge is -2.56. The summed E-state index contributed by atoms with van der Waals surface area (Å²) in [5, 5.41) is 6.49. The van der Waals surface area contributed by atoms with Crippen molar-refractivity contribution < 1.29 is 9.59 Å². The van der Waals surface area contributed by atoms with E-state index in [1.54, 1.807) is 11.3 Å². The number of fused-ring (bicyclic) bond motifs is 4. The van der Waals surface area contributed by atoms with Gasteiger partial charge in [-0.25, -0.2) is 4.98 Å². The quantitative estimate of drug-likeness (QED) is 0.820. The number of hydrogen-bond acceptors (Lipinski definition) is 5. The zero-order valence-corrected chi connectivity index (χ0v) is 17.4. The van der Waals surface area contributed by atoms with Gasteiger partial charge in [-0.1, -0.05) is 0 Å². The van der Waals surface area contributed by atoms with Crippen LogP contribution >= 0.6 is 11.3 Å². The SMILES string of the molecule is Cc1csc(CN2C[C@H]3C[C@@H](C2)[C@H](CNC(=O)C2CC2)N2C(=O)CCC[C@@H]32)n1. The van der Waals surface area contributed by atoms with Crippen LogP contribution in [0.25, 0.3) is 0 Å². The first-order valence-corrected chi connectivity index (χ1v) is 11.7. The monoisotopic (exact) mass is 402 g/mol. The van der Waals surface area contributed by atoms with Crippen LogP contribution in [0.2, 0.25) is 0 Å². The van der Waals surface area contributed by atoms with Gasteiger partial charge in [-0.3, -0.25) is 14.5 Å². The summed E-state index contributed by atoms with van der Waals surface area (Å²) in [5.74, 6) is 1.71. The van der Waals surface area contributed by atoms with Crippen LogP contribution in [0.4, 0.5) is 0 Å². The molecule has 7 heteroatoms. The van der Waals surface area contributed by atoms with E-state index < -0.39 is 0 Å². The molecule has 1 aromatic heterocycles. The van der Waals surface area contributed by atoms with E-state index in [-0.39, 0.29) is 17.9 Å². The molecule has 5 rings (SSSR count). The van der Waals surface area contributed by atoms with Gasteiger partial charge < -0.3 is 10.2 Å². The average Bonchev–Trinajstić information content (AvgIpc) is 3.45. The van der Waals surface area contributed by atoms with Crippen molar-refractivity contribution in [2.45, 2.75) is 64.1 Å². The number of aromatic nitrogens is 1. The first kappa shape index (κ1) is 18.6. The summed E-state index contributed by atoms with van der Waals surface area (Å²) in [4.78, 5) is 34.5. The summed E-state index contributed by atoms with van der Waals surface area (Å²) in [7, 11) is 0. The van der Waals surface area contributed by atoms with Gasteiger partial charge in [0.1, 0.15) is 5.01 Å². The predicted molar refractivity (Wildman–Crippen MR) is 108 cm³/mol. The molecule has 4 heterocycles. The van der Waals surface area contributed by atoms with E-state index >= 15 is 0 Å². The van der Waals surface area contributed by atoms with Gasteiger partial charge in [-0.15, -0.1) is 11.3 Å². The fourth-order valence-corrected chi connectivity index (χ4v) is 6.44. The van der Waals surface area contributed by atoms with Gasteiger partial charge in [0.15, 0.2) is 0 Å². The lowest BCUT2D eigenvalue weighted by atomic mass is 9.72. The molecule has 0 unspecified atom stereocenters. The normalized spacial score (nSPS) is 32.9. The van der Waals surface area contributed by atoms with Gasteiger partial charge in [0.25, 0.3) is 0 Å². The van der Waals surface area contributed by atoms with Crippen molar-refractivity contribution in [3.63, 3.8) is 0 Å². The average molecular weight is 403 g/mol. The zero-order valence-electron chi connectivity index (χ0n) is 16.6. The molecule has 0 aromatic carbocycles. The molecule has 4 fully saturated rings. The van der Waals surface area contributed by atoms with Crippen molar-refractivity contribution in [3.05, 3.63) is 16.1 Å². The molecule has 152 valence electrons. The van der Waals surface area contributed by atoms with Crippen LogP contribution in [-0.4, -0.2) is 58.3 Å². The van der Waals surface area contributed by atoms with E-state index in [9.17, 15) is 9.59 Å². The summed E-state index contributed by atoms with van der Waals surface area (Å²) in [6.45, 7) is 5.64. The Labute approximate surface area is 170 Å². The van der Waals surface area contributed by atoms with Gasteiger partial charge in [0.05, 0.1) is 12.6 Å². The summed E-state index contributed by atoms with van der Waals surface area (Å²) in [6, 6.07) is 0.499. The molecule has 3 saturated heterocycles. The molecule has 1 aromatic rings. The van der Waals surface area contributed by atoms with Crippen LogP contribution in [0.5, 0.6) is 0 Å². The molecule has 0 spiro atoms. The number of carbonyl (C=O) groups is 2. The molecular weight excluding hydrogens is 372 g/mol. The minimum Gasteiger partial charge on any atom is -0.354 e. The molecule has 0 radical (unpaired) electrons. The summed E-state index contributed by atoms with van der Waals surface area (Å²) in [6.07, 6.45) is 6.02. The van der Waals surface area contributed by atoms with Gasteiger partial charge in [-0.2, -0.15) is 0 Å². The van der Waals surface area contributed by atoms with Crippen molar-refractivity contribution in [1.29, 1.82) is 0 Å². The maximum absolute atomic E-state index is 12.8. The second kappa shape index (κ2) is 7.41. The number of likely N-dealkylation sites (tertiary alicyclic amines) is 1. The summed E-state index contributed by atoms with van der Waals surface area (Å²) in [5.41, 5.74) is 1.10. The Morgan fingerprint density at radius 2 is 2.11 bits per heavy atom. The highest BCUT2D eigenvalue weighted by atomic mass is 32.1. The van der Waals surface area contributed by atoms with Crippen molar-refractivity contribution in [3.8, 4) is 0 Å². The molecule has 1 saturated carbocycles. The minimum absolute atomic E-state index is 0.151. The number of hydrogen-bond donors (Lipinski definition) is 1. The largest absolute Gasteiger partial charge is 0.354 e. The maximum atomic E-state index is 12.8. The van der Waals surface area contributed by atoms with Crippen LogP contribution in [0, 0.1) is 24.7 Å². The number of thiazole rings is 1. The molecule has 1 aliphatic carbocycles. The third-order valence-corrected chi connectivity index (χ3v) is 7.98. The zero-order chi connectivity index (χ0) is 19.3. The number of nitrogens with zero attached hydrogens (tertiary/aromatic N) is 3. The molecule has 28 heavy (non-hydrogen) atoms. The van der Waals surface area contributed by atoms with E-state index in [0.29, 0.717) is 36.8 Å².